The normalized spacial score (nSPS) is 10.5. The molecular weight excluding hydrogens is 264 g/mol. The highest BCUT2D eigenvalue weighted by Crippen LogP contribution is 2.19. The second-order valence-corrected chi connectivity index (χ2v) is 4.75. The molecule has 0 spiro atoms. The highest BCUT2D eigenvalue weighted by molar-refractivity contribution is 6.06. The van der Waals surface area contributed by atoms with Crippen molar-refractivity contribution in [1.82, 2.24) is 4.98 Å². The van der Waals surface area contributed by atoms with E-state index in [1.807, 2.05) is 30.3 Å². The Morgan fingerprint density at radius 1 is 1.00 bits per heavy atom. The van der Waals surface area contributed by atoms with E-state index in [2.05, 4.69) is 10.3 Å². The molecular formula is C16H14N4O. The third-order valence-corrected chi connectivity index (χ3v) is 3.10. The third kappa shape index (κ3) is 2.76. The molecule has 0 bridgehead atoms. The number of fused-ring (bicyclic) bond motifs is 1. The summed E-state index contributed by atoms with van der Waals surface area (Å²) in [4.78, 5) is 16.5. The molecule has 5 nitrogen and oxygen atoms in total. The molecule has 1 amide bonds. The number of nitrogens with two attached hydrogens (primary N) is 2. The molecule has 0 aliphatic carbocycles. The van der Waals surface area contributed by atoms with Gasteiger partial charge in [-0.15, -0.1) is 0 Å². The smallest absolute Gasteiger partial charge is 0.255 e. The number of nitrogens with one attached hydrogen (secondary N) is 1. The Labute approximate surface area is 121 Å². The van der Waals surface area contributed by atoms with E-state index in [4.69, 9.17) is 11.5 Å². The minimum atomic E-state index is -0.253. The van der Waals surface area contributed by atoms with Gasteiger partial charge in [-0.2, -0.15) is 0 Å². The maximum Gasteiger partial charge on any atom is 0.255 e. The maximum absolute atomic E-state index is 12.2. The Bertz CT molecular complexity index is 809. The molecule has 0 aliphatic rings. The minimum absolute atomic E-state index is 0.253. The van der Waals surface area contributed by atoms with Crippen LogP contribution in [0.4, 0.5) is 17.1 Å². The van der Waals surface area contributed by atoms with Crippen LogP contribution in [0.3, 0.4) is 0 Å². The van der Waals surface area contributed by atoms with Gasteiger partial charge in [-0.1, -0.05) is 6.07 Å². The lowest BCUT2D eigenvalue weighted by Gasteiger charge is -2.08. The maximum atomic E-state index is 12.2. The number of nitrogens with zero attached hydrogens (tertiary/aromatic N) is 1. The summed E-state index contributed by atoms with van der Waals surface area (Å²) in [6, 6.07) is 14.1. The van der Waals surface area contributed by atoms with Crippen LogP contribution in [-0.4, -0.2) is 10.9 Å². The molecule has 0 unspecified atom stereocenters. The zero-order valence-electron chi connectivity index (χ0n) is 11.2. The van der Waals surface area contributed by atoms with E-state index in [1.54, 1.807) is 24.4 Å². The predicted molar refractivity (Wildman–Crippen MR) is 85.0 cm³/mol. The molecule has 0 fully saturated rings. The largest absolute Gasteiger partial charge is 0.399 e. The number of amides is 1. The van der Waals surface area contributed by atoms with Crippen LogP contribution in [0.15, 0.2) is 54.7 Å². The van der Waals surface area contributed by atoms with Crippen LogP contribution < -0.4 is 16.8 Å². The van der Waals surface area contributed by atoms with E-state index in [1.165, 1.54) is 0 Å². The molecule has 0 radical (unpaired) electrons. The Morgan fingerprint density at radius 2 is 1.76 bits per heavy atom. The van der Waals surface area contributed by atoms with Gasteiger partial charge in [-0.3, -0.25) is 9.78 Å². The molecule has 5 N–H and O–H groups in total. The first-order valence-corrected chi connectivity index (χ1v) is 6.44. The van der Waals surface area contributed by atoms with Crippen LogP contribution in [0, 0.1) is 0 Å². The Morgan fingerprint density at radius 3 is 2.52 bits per heavy atom. The number of carbonyl (C=O) groups excluding carboxylic acids is 1. The van der Waals surface area contributed by atoms with E-state index in [0.717, 1.165) is 10.9 Å². The molecule has 0 aliphatic heterocycles. The van der Waals surface area contributed by atoms with Crippen LogP contribution in [0.1, 0.15) is 10.4 Å². The van der Waals surface area contributed by atoms with Gasteiger partial charge in [0.05, 0.1) is 5.52 Å². The van der Waals surface area contributed by atoms with Crippen molar-refractivity contribution >= 4 is 33.9 Å². The van der Waals surface area contributed by atoms with E-state index in [-0.39, 0.29) is 5.91 Å². The van der Waals surface area contributed by atoms with Gasteiger partial charge in [-0.05, 0) is 42.5 Å². The summed E-state index contributed by atoms with van der Waals surface area (Å²) in [6.07, 6.45) is 1.73. The third-order valence-electron chi connectivity index (χ3n) is 3.10. The molecule has 5 heteroatoms. The fourth-order valence-electron chi connectivity index (χ4n) is 2.16. The molecule has 104 valence electrons. The zero-order chi connectivity index (χ0) is 14.8. The van der Waals surface area contributed by atoms with Gasteiger partial charge in [-0.25, -0.2) is 0 Å². The molecule has 3 rings (SSSR count). The fraction of sp³-hybridized carbons (Fsp3) is 0. The predicted octanol–water partition coefficient (Wildman–Crippen LogP) is 2.65. The van der Waals surface area contributed by atoms with Crippen LogP contribution in [0.2, 0.25) is 0 Å². The number of anilines is 3. The van der Waals surface area contributed by atoms with Crippen LogP contribution >= 0.6 is 0 Å². The Balaban J connectivity index is 1.88. The minimum Gasteiger partial charge on any atom is -0.399 e. The average molecular weight is 278 g/mol. The lowest BCUT2D eigenvalue weighted by Crippen LogP contribution is -2.12. The standard InChI is InChI=1S/C16H14N4O/c17-12-6-11(7-13(18)9-12)16(21)20-14-3-4-15-10(8-14)2-1-5-19-15/h1-9H,17-18H2,(H,20,21). The molecule has 0 saturated heterocycles. The van der Waals surface area contributed by atoms with E-state index < -0.39 is 0 Å². The summed E-state index contributed by atoms with van der Waals surface area (Å²) in [6.45, 7) is 0. The molecule has 3 aromatic rings. The number of benzene rings is 2. The van der Waals surface area contributed by atoms with Crippen molar-refractivity contribution in [3.63, 3.8) is 0 Å². The van der Waals surface area contributed by atoms with Crippen LogP contribution in [-0.2, 0) is 0 Å². The van der Waals surface area contributed by atoms with Gasteiger partial charge in [0, 0.05) is 34.2 Å². The average Bonchev–Trinajstić information content (AvgIpc) is 2.46. The zero-order valence-corrected chi connectivity index (χ0v) is 11.2. The second kappa shape index (κ2) is 5.13. The highest BCUT2D eigenvalue weighted by Gasteiger charge is 2.08. The van der Waals surface area contributed by atoms with Gasteiger partial charge < -0.3 is 16.8 Å². The van der Waals surface area contributed by atoms with Crippen LogP contribution in [0.5, 0.6) is 0 Å². The summed E-state index contributed by atoms with van der Waals surface area (Å²) < 4.78 is 0. The number of rotatable bonds is 2. The number of hydrogen-bond donors (Lipinski definition) is 3. The lowest BCUT2D eigenvalue weighted by atomic mass is 10.1. The number of carbonyl (C=O) groups is 1. The summed E-state index contributed by atoms with van der Waals surface area (Å²) in [5, 5.41) is 3.79. The first-order chi connectivity index (χ1) is 10.1. The highest BCUT2D eigenvalue weighted by atomic mass is 16.1. The Kier molecular flexibility index (Phi) is 3.16. The quantitative estimate of drug-likeness (QED) is 0.628. The van der Waals surface area contributed by atoms with Crippen molar-refractivity contribution in [3.05, 3.63) is 60.3 Å². The van der Waals surface area contributed by atoms with Gasteiger partial charge in [0.25, 0.3) is 5.91 Å². The van der Waals surface area contributed by atoms with Crippen molar-refractivity contribution in [1.29, 1.82) is 0 Å². The van der Waals surface area contributed by atoms with Crippen molar-refractivity contribution < 1.29 is 4.79 Å². The summed E-state index contributed by atoms with van der Waals surface area (Å²) in [5.74, 6) is -0.253. The first-order valence-electron chi connectivity index (χ1n) is 6.44. The lowest BCUT2D eigenvalue weighted by molar-refractivity contribution is 0.102. The fourth-order valence-corrected chi connectivity index (χ4v) is 2.16. The van der Waals surface area contributed by atoms with Crippen molar-refractivity contribution in [2.24, 2.45) is 0 Å². The summed E-state index contributed by atoms with van der Waals surface area (Å²) in [7, 11) is 0. The van der Waals surface area contributed by atoms with Gasteiger partial charge in [0.2, 0.25) is 0 Å². The van der Waals surface area contributed by atoms with Crippen LogP contribution in [0.25, 0.3) is 10.9 Å². The molecule has 1 heterocycles. The van der Waals surface area contributed by atoms with E-state index in [9.17, 15) is 4.79 Å². The SMILES string of the molecule is Nc1cc(N)cc(C(=O)Nc2ccc3ncccc3c2)c1. The van der Waals surface area contributed by atoms with E-state index in [0.29, 0.717) is 22.6 Å². The number of aromatic nitrogens is 1. The van der Waals surface area contributed by atoms with Crippen molar-refractivity contribution in [2.45, 2.75) is 0 Å². The van der Waals surface area contributed by atoms with E-state index >= 15 is 0 Å². The monoisotopic (exact) mass is 278 g/mol. The molecule has 2 aromatic carbocycles. The summed E-state index contributed by atoms with van der Waals surface area (Å²) in [5.41, 5.74) is 14.3. The molecule has 21 heavy (non-hydrogen) atoms. The number of pyridine rings is 1. The van der Waals surface area contributed by atoms with Gasteiger partial charge >= 0.3 is 0 Å². The number of nitrogen functional groups attached to an aromatic ring is 2. The van der Waals surface area contributed by atoms with Gasteiger partial charge in [0.15, 0.2) is 0 Å². The molecule has 1 aromatic heterocycles. The molecule has 0 atom stereocenters. The Hall–Kier alpha value is -3.08. The van der Waals surface area contributed by atoms with Gasteiger partial charge in [0.1, 0.15) is 0 Å². The molecule has 0 saturated carbocycles. The number of hydrogen-bond acceptors (Lipinski definition) is 4. The van der Waals surface area contributed by atoms with Crippen molar-refractivity contribution in [3.8, 4) is 0 Å². The van der Waals surface area contributed by atoms with Crippen molar-refractivity contribution in [2.75, 3.05) is 16.8 Å². The summed E-state index contributed by atoms with van der Waals surface area (Å²) >= 11 is 0. The first kappa shape index (κ1) is 12.9. The second-order valence-electron chi connectivity index (χ2n) is 4.75. The topological polar surface area (TPSA) is 94.0 Å².